The number of rotatable bonds is 3. The average molecular weight is 241 g/mol. The van der Waals surface area contributed by atoms with Crippen LogP contribution < -0.4 is 5.73 Å². The first-order valence-corrected chi connectivity index (χ1v) is 5.52. The monoisotopic (exact) mass is 241 g/mol. The number of benzene rings is 1. The molecule has 0 radical (unpaired) electrons. The molecule has 5 heteroatoms. The van der Waals surface area contributed by atoms with Crippen molar-refractivity contribution in [2.75, 3.05) is 0 Å². The van der Waals surface area contributed by atoms with E-state index in [1.165, 1.54) is 0 Å². The van der Waals surface area contributed by atoms with Crippen molar-refractivity contribution in [3.05, 3.63) is 60.2 Å². The Morgan fingerprint density at radius 2 is 1.89 bits per heavy atom. The maximum absolute atomic E-state index is 6.06. The third-order valence-electron chi connectivity index (χ3n) is 2.61. The van der Waals surface area contributed by atoms with Gasteiger partial charge < -0.3 is 14.7 Å². The maximum Gasteiger partial charge on any atom is 0.248 e. The van der Waals surface area contributed by atoms with Crippen molar-refractivity contribution in [2.24, 2.45) is 5.73 Å². The van der Waals surface area contributed by atoms with Crippen molar-refractivity contribution in [2.45, 2.75) is 6.04 Å². The van der Waals surface area contributed by atoms with E-state index in [0.29, 0.717) is 17.5 Å². The van der Waals surface area contributed by atoms with Gasteiger partial charge in [-0.1, -0.05) is 35.5 Å². The van der Waals surface area contributed by atoms with Crippen LogP contribution in [-0.4, -0.2) is 10.1 Å². The normalized spacial score (nSPS) is 12.5. The van der Waals surface area contributed by atoms with Crippen LogP contribution in [0.2, 0.25) is 0 Å². The van der Waals surface area contributed by atoms with Gasteiger partial charge in [0.2, 0.25) is 11.7 Å². The van der Waals surface area contributed by atoms with Crippen LogP contribution in [0.1, 0.15) is 17.5 Å². The molecule has 0 aliphatic heterocycles. The summed E-state index contributed by atoms with van der Waals surface area (Å²) in [6, 6.07) is 12.7. The largest absolute Gasteiger partial charge is 0.461 e. The second kappa shape index (κ2) is 4.46. The molecule has 0 bridgehead atoms. The number of nitrogens with zero attached hydrogens (tertiary/aromatic N) is 2. The molecule has 0 amide bonds. The first-order chi connectivity index (χ1) is 8.84. The van der Waals surface area contributed by atoms with Gasteiger partial charge in [0.15, 0.2) is 5.76 Å². The maximum atomic E-state index is 6.06. The number of aromatic nitrogens is 2. The van der Waals surface area contributed by atoms with Crippen LogP contribution in [0, 0.1) is 0 Å². The number of hydrogen-bond donors (Lipinski definition) is 1. The standard InChI is InChI=1S/C13H11N3O2/c14-11(9-5-2-1-3-6-9)13-15-12(16-18-13)10-7-4-8-17-10/h1-8,11H,14H2/t11-/m0/s1. The molecule has 0 aliphatic carbocycles. The Hall–Kier alpha value is -2.40. The Morgan fingerprint density at radius 3 is 2.61 bits per heavy atom. The molecule has 1 aromatic carbocycles. The Morgan fingerprint density at radius 1 is 1.06 bits per heavy atom. The highest BCUT2D eigenvalue weighted by molar-refractivity contribution is 5.45. The zero-order chi connectivity index (χ0) is 12.4. The van der Waals surface area contributed by atoms with Crippen molar-refractivity contribution >= 4 is 0 Å². The minimum Gasteiger partial charge on any atom is -0.461 e. The highest BCUT2D eigenvalue weighted by Crippen LogP contribution is 2.21. The molecule has 2 heterocycles. The SMILES string of the molecule is N[C@@H](c1ccccc1)c1nc(-c2ccco2)no1. The highest BCUT2D eigenvalue weighted by Gasteiger charge is 2.18. The molecule has 0 spiro atoms. The molecule has 2 aromatic heterocycles. The second-order valence-electron chi connectivity index (χ2n) is 3.82. The van der Waals surface area contributed by atoms with E-state index in [4.69, 9.17) is 14.7 Å². The van der Waals surface area contributed by atoms with Gasteiger partial charge in [0.1, 0.15) is 6.04 Å². The summed E-state index contributed by atoms with van der Waals surface area (Å²) in [5, 5.41) is 3.85. The van der Waals surface area contributed by atoms with E-state index in [9.17, 15) is 0 Å². The van der Waals surface area contributed by atoms with Gasteiger partial charge in [0.25, 0.3) is 0 Å². The Balaban J connectivity index is 1.90. The van der Waals surface area contributed by atoms with Gasteiger partial charge in [-0.05, 0) is 17.7 Å². The molecular formula is C13H11N3O2. The molecule has 0 fully saturated rings. The fourth-order valence-electron chi connectivity index (χ4n) is 1.67. The van der Waals surface area contributed by atoms with E-state index < -0.39 is 6.04 Å². The summed E-state index contributed by atoms with van der Waals surface area (Å²) < 4.78 is 10.4. The number of hydrogen-bond acceptors (Lipinski definition) is 5. The quantitative estimate of drug-likeness (QED) is 0.761. The molecular weight excluding hydrogens is 230 g/mol. The molecule has 1 atom stereocenters. The first-order valence-electron chi connectivity index (χ1n) is 5.52. The van der Waals surface area contributed by atoms with Crippen molar-refractivity contribution in [1.29, 1.82) is 0 Å². The molecule has 0 saturated carbocycles. The zero-order valence-corrected chi connectivity index (χ0v) is 9.48. The molecule has 90 valence electrons. The van der Waals surface area contributed by atoms with Crippen LogP contribution >= 0.6 is 0 Å². The van der Waals surface area contributed by atoms with Gasteiger partial charge in [-0.2, -0.15) is 4.98 Å². The lowest BCUT2D eigenvalue weighted by Gasteiger charge is -2.05. The summed E-state index contributed by atoms with van der Waals surface area (Å²) in [5.41, 5.74) is 6.98. The van der Waals surface area contributed by atoms with Gasteiger partial charge >= 0.3 is 0 Å². The minimum absolute atomic E-state index is 0.368. The number of nitrogens with two attached hydrogens (primary N) is 1. The summed E-state index contributed by atoms with van der Waals surface area (Å²) in [4.78, 5) is 4.23. The van der Waals surface area contributed by atoms with Crippen LogP contribution in [0.15, 0.2) is 57.7 Å². The summed E-state index contributed by atoms with van der Waals surface area (Å²) >= 11 is 0. The fraction of sp³-hybridized carbons (Fsp3) is 0.0769. The van der Waals surface area contributed by atoms with Crippen LogP contribution in [0.5, 0.6) is 0 Å². The lowest BCUT2D eigenvalue weighted by molar-refractivity contribution is 0.366. The van der Waals surface area contributed by atoms with Crippen LogP contribution in [0.25, 0.3) is 11.6 Å². The van der Waals surface area contributed by atoms with E-state index in [1.807, 2.05) is 30.3 Å². The van der Waals surface area contributed by atoms with Gasteiger partial charge in [-0.3, -0.25) is 0 Å². The van der Waals surface area contributed by atoms with E-state index >= 15 is 0 Å². The van der Waals surface area contributed by atoms with Gasteiger partial charge in [0, 0.05) is 0 Å². The number of furan rings is 1. The third kappa shape index (κ3) is 1.91. The summed E-state index contributed by atoms with van der Waals surface area (Å²) in [7, 11) is 0. The molecule has 0 unspecified atom stereocenters. The Bertz CT molecular complexity index is 617. The second-order valence-corrected chi connectivity index (χ2v) is 3.82. The third-order valence-corrected chi connectivity index (χ3v) is 2.61. The minimum atomic E-state index is -0.428. The van der Waals surface area contributed by atoms with Crippen LogP contribution in [0.4, 0.5) is 0 Å². The van der Waals surface area contributed by atoms with E-state index in [-0.39, 0.29) is 0 Å². The summed E-state index contributed by atoms with van der Waals surface area (Å²) in [6.07, 6.45) is 1.56. The molecule has 0 saturated heterocycles. The summed E-state index contributed by atoms with van der Waals surface area (Å²) in [6.45, 7) is 0. The molecule has 0 aliphatic rings. The van der Waals surface area contributed by atoms with Crippen molar-refractivity contribution in [1.82, 2.24) is 10.1 Å². The predicted molar refractivity (Wildman–Crippen MR) is 64.5 cm³/mol. The molecule has 2 N–H and O–H groups in total. The van der Waals surface area contributed by atoms with Crippen molar-refractivity contribution in [3.63, 3.8) is 0 Å². The lowest BCUT2D eigenvalue weighted by Crippen LogP contribution is -2.11. The zero-order valence-electron chi connectivity index (χ0n) is 9.48. The molecule has 3 aromatic rings. The lowest BCUT2D eigenvalue weighted by atomic mass is 10.1. The summed E-state index contributed by atoms with van der Waals surface area (Å²) in [5.74, 6) is 1.33. The fourth-order valence-corrected chi connectivity index (χ4v) is 1.67. The topological polar surface area (TPSA) is 78.1 Å². The Labute approximate surface area is 103 Å². The Kier molecular flexibility index (Phi) is 2.66. The van der Waals surface area contributed by atoms with Crippen molar-refractivity contribution in [3.8, 4) is 11.6 Å². The van der Waals surface area contributed by atoms with Gasteiger partial charge in [0.05, 0.1) is 6.26 Å². The van der Waals surface area contributed by atoms with E-state index in [0.717, 1.165) is 5.56 Å². The smallest absolute Gasteiger partial charge is 0.248 e. The molecule has 5 nitrogen and oxygen atoms in total. The van der Waals surface area contributed by atoms with Gasteiger partial charge in [-0.25, -0.2) is 0 Å². The predicted octanol–water partition coefficient (Wildman–Crippen LogP) is 2.38. The highest BCUT2D eigenvalue weighted by atomic mass is 16.5. The van der Waals surface area contributed by atoms with Crippen molar-refractivity contribution < 1.29 is 8.94 Å². The van der Waals surface area contributed by atoms with E-state index in [1.54, 1.807) is 18.4 Å². The molecule has 18 heavy (non-hydrogen) atoms. The molecule has 3 rings (SSSR count). The average Bonchev–Trinajstić information content (AvgIpc) is 3.09. The first kappa shape index (κ1) is 10.7. The van der Waals surface area contributed by atoms with Crippen LogP contribution in [0.3, 0.4) is 0 Å². The van der Waals surface area contributed by atoms with E-state index in [2.05, 4.69) is 10.1 Å². The van der Waals surface area contributed by atoms with Gasteiger partial charge in [-0.15, -0.1) is 0 Å². The van der Waals surface area contributed by atoms with Crippen LogP contribution in [-0.2, 0) is 0 Å².